The molecule has 1 saturated carbocycles. The summed E-state index contributed by atoms with van der Waals surface area (Å²) < 4.78 is 5.51. The Morgan fingerprint density at radius 1 is 1.05 bits per heavy atom. The van der Waals surface area contributed by atoms with Crippen LogP contribution in [0, 0.1) is 12.8 Å². The first-order chi connectivity index (χ1) is 18.9. The van der Waals surface area contributed by atoms with Crippen LogP contribution in [-0.2, 0) is 13.1 Å². The molecular weight excluding hydrogens is 514 g/mol. The number of fused-ring (bicyclic) bond motifs is 2. The second-order valence-corrected chi connectivity index (χ2v) is 10.7. The van der Waals surface area contributed by atoms with Crippen molar-refractivity contribution >= 4 is 39.6 Å². The minimum absolute atomic E-state index is 0.0576. The van der Waals surface area contributed by atoms with Gasteiger partial charge in [-0.05, 0) is 81.8 Å². The van der Waals surface area contributed by atoms with Crippen LogP contribution >= 0.6 is 11.6 Å². The van der Waals surface area contributed by atoms with Gasteiger partial charge in [-0.15, -0.1) is 5.10 Å². The Balaban J connectivity index is 1.21. The van der Waals surface area contributed by atoms with Crippen LogP contribution in [0.1, 0.15) is 48.7 Å². The van der Waals surface area contributed by atoms with Crippen LogP contribution in [-0.4, -0.2) is 41.1 Å². The highest BCUT2D eigenvalue weighted by atomic mass is 35.5. The van der Waals surface area contributed by atoms with Crippen LogP contribution < -0.4 is 11.0 Å². The summed E-state index contributed by atoms with van der Waals surface area (Å²) in [6, 6.07) is 15.5. The number of benzene rings is 2. The lowest BCUT2D eigenvalue weighted by Crippen LogP contribution is -2.39. The Labute approximate surface area is 230 Å². The third kappa shape index (κ3) is 4.71. The minimum Gasteiger partial charge on any atom is -0.349 e. The van der Waals surface area contributed by atoms with E-state index in [4.69, 9.17) is 11.6 Å². The molecule has 0 bridgehead atoms. The van der Waals surface area contributed by atoms with Gasteiger partial charge in [0.2, 0.25) is 0 Å². The lowest BCUT2D eigenvalue weighted by atomic mass is 9.85. The standard InChI is InChI=1S/C29H30ClN7O2/c1-3-36-25-13-12-22(15-24(25)33-34-36)37-27-7-5-4-6-26(27)35(29(37)39)17-19-8-10-21(11-9-19)32-28(38)23-14-20(30)16-31-18(23)2/h4-7,12-16,19,21H,3,8-11,17H2,1-2H3,(H,32,38)/t19-,21-. The highest BCUT2D eigenvalue weighted by molar-refractivity contribution is 6.30. The Hall–Kier alpha value is -3.98. The van der Waals surface area contributed by atoms with Crippen molar-refractivity contribution in [1.82, 2.24) is 34.4 Å². The highest BCUT2D eigenvalue weighted by Gasteiger charge is 2.26. The summed E-state index contributed by atoms with van der Waals surface area (Å²) in [7, 11) is 0. The topological polar surface area (TPSA) is 99.6 Å². The summed E-state index contributed by atoms with van der Waals surface area (Å²) in [6.07, 6.45) is 5.12. The van der Waals surface area contributed by atoms with Gasteiger partial charge in [0.25, 0.3) is 5.91 Å². The molecule has 0 saturated heterocycles. The average molecular weight is 544 g/mol. The molecule has 0 atom stereocenters. The largest absolute Gasteiger partial charge is 0.349 e. The molecule has 3 aromatic heterocycles. The molecule has 1 aliphatic carbocycles. The fourth-order valence-corrected chi connectivity index (χ4v) is 5.87. The fraction of sp³-hybridized carbons (Fsp3) is 0.345. The summed E-state index contributed by atoms with van der Waals surface area (Å²) >= 11 is 6.05. The van der Waals surface area contributed by atoms with E-state index in [1.165, 1.54) is 0 Å². The third-order valence-electron chi connectivity index (χ3n) is 7.81. The number of hydrogen-bond donors (Lipinski definition) is 1. The molecule has 39 heavy (non-hydrogen) atoms. The van der Waals surface area contributed by atoms with E-state index >= 15 is 0 Å². The fourth-order valence-electron chi connectivity index (χ4n) is 5.72. The van der Waals surface area contributed by atoms with Crippen LogP contribution in [0.4, 0.5) is 0 Å². The van der Waals surface area contributed by atoms with E-state index < -0.39 is 0 Å². The number of carbonyl (C=O) groups is 1. The van der Waals surface area contributed by atoms with Gasteiger partial charge in [-0.2, -0.15) is 0 Å². The quantitative estimate of drug-likeness (QED) is 0.328. The van der Waals surface area contributed by atoms with Crippen molar-refractivity contribution in [2.24, 2.45) is 5.92 Å². The average Bonchev–Trinajstić information content (AvgIpc) is 3.48. The predicted molar refractivity (Wildman–Crippen MR) is 151 cm³/mol. The number of aromatic nitrogens is 6. The van der Waals surface area contributed by atoms with Crippen LogP contribution in [0.25, 0.3) is 27.8 Å². The van der Waals surface area contributed by atoms with Gasteiger partial charge < -0.3 is 5.32 Å². The Morgan fingerprint density at radius 2 is 1.82 bits per heavy atom. The van der Waals surface area contributed by atoms with E-state index in [0.717, 1.165) is 60.0 Å². The van der Waals surface area contributed by atoms with Crippen molar-refractivity contribution in [2.75, 3.05) is 0 Å². The number of aryl methyl sites for hydroxylation is 2. The molecule has 1 fully saturated rings. The van der Waals surface area contributed by atoms with Crippen molar-refractivity contribution in [3.8, 4) is 5.69 Å². The summed E-state index contributed by atoms with van der Waals surface area (Å²) in [5.74, 6) is 0.206. The lowest BCUT2D eigenvalue weighted by molar-refractivity contribution is 0.0919. The number of rotatable bonds is 6. The van der Waals surface area contributed by atoms with E-state index in [1.54, 1.807) is 16.8 Å². The van der Waals surface area contributed by atoms with Gasteiger partial charge in [0.1, 0.15) is 5.52 Å². The van der Waals surface area contributed by atoms with E-state index in [9.17, 15) is 9.59 Å². The van der Waals surface area contributed by atoms with Gasteiger partial charge in [0.05, 0.1) is 38.5 Å². The molecule has 9 nitrogen and oxygen atoms in total. The van der Waals surface area contributed by atoms with E-state index in [2.05, 4.69) is 20.6 Å². The Kier molecular flexibility index (Phi) is 6.68. The van der Waals surface area contributed by atoms with Crippen LogP contribution in [0.3, 0.4) is 0 Å². The summed E-state index contributed by atoms with van der Waals surface area (Å²) in [5.41, 5.74) is 5.40. The van der Waals surface area contributed by atoms with E-state index in [-0.39, 0.29) is 17.6 Å². The number of halogens is 1. The van der Waals surface area contributed by atoms with E-state index in [1.807, 2.05) is 65.6 Å². The van der Waals surface area contributed by atoms with Crippen LogP contribution in [0.2, 0.25) is 5.02 Å². The predicted octanol–water partition coefficient (Wildman–Crippen LogP) is 4.90. The monoisotopic (exact) mass is 543 g/mol. The highest BCUT2D eigenvalue weighted by Crippen LogP contribution is 2.28. The zero-order valence-electron chi connectivity index (χ0n) is 22.0. The molecule has 1 aliphatic rings. The van der Waals surface area contributed by atoms with Crippen molar-refractivity contribution < 1.29 is 4.79 Å². The number of pyridine rings is 1. The third-order valence-corrected chi connectivity index (χ3v) is 8.02. The summed E-state index contributed by atoms with van der Waals surface area (Å²) in [6.45, 7) is 5.21. The van der Waals surface area contributed by atoms with E-state index in [0.29, 0.717) is 28.7 Å². The molecule has 0 unspecified atom stereocenters. The second kappa shape index (κ2) is 10.3. The maximum absolute atomic E-state index is 13.8. The van der Waals surface area contributed by atoms with Gasteiger partial charge in [-0.25, -0.2) is 9.48 Å². The summed E-state index contributed by atoms with van der Waals surface area (Å²) in [5, 5.41) is 12.1. The van der Waals surface area contributed by atoms with Gasteiger partial charge in [-0.1, -0.05) is 28.9 Å². The number of nitrogens with zero attached hydrogens (tertiary/aromatic N) is 6. The number of nitrogens with one attached hydrogen (secondary N) is 1. The number of amides is 1. The first kappa shape index (κ1) is 25.3. The maximum atomic E-state index is 13.8. The molecule has 2 aromatic carbocycles. The molecule has 10 heteroatoms. The number of carbonyl (C=O) groups excluding carboxylic acids is 1. The zero-order chi connectivity index (χ0) is 27.1. The summed E-state index contributed by atoms with van der Waals surface area (Å²) in [4.78, 5) is 30.8. The number of para-hydroxylation sites is 2. The van der Waals surface area contributed by atoms with Gasteiger partial charge in [-0.3, -0.25) is 18.9 Å². The molecular formula is C29H30ClN7O2. The van der Waals surface area contributed by atoms with Crippen molar-refractivity contribution in [2.45, 2.75) is 58.7 Å². The molecule has 5 aromatic rings. The van der Waals surface area contributed by atoms with Crippen molar-refractivity contribution in [1.29, 1.82) is 0 Å². The van der Waals surface area contributed by atoms with Crippen molar-refractivity contribution in [3.63, 3.8) is 0 Å². The first-order valence-corrected chi connectivity index (χ1v) is 13.8. The molecule has 6 rings (SSSR count). The van der Waals surface area contributed by atoms with Gasteiger partial charge in [0, 0.05) is 25.3 Å². The number of imidazole rings is 1. The smallest absolute Gasteiger partial charge is 0.333 e. The SMILES string of the molecule is CCn1nnc2cc(-n3c(=O)n(C[C@H]4CC[C@H](NC(=O)c5cc(Cl)cnc5C)CC4)c4ccccc43)ccc21. The molecule has 0 radical (unpaired) electrons. The minimum atomic E-state index is -0.138. The molecule has 0 spiro atoms. The molecule has 3 heterocycles. The zero-order valence-corrected chi connectivity index (χ0v) is 22.7. The number of hydrogen-bond acceptors (Lipinski definition) is 5. The van der Waals surface area contributed by atoms with Crippen LogP contribution in [0.5, 0.6) is 0 Å². The molecule has 0 aliphatic heterocycles. The molecule has 1 N–H and O–H groups in total. The van der Waals surface area contributed by atoms with Gasteiger partial charge >= 0.3 is 5.69 Å². The normalized spacial score (nSPS) is 17.6. The first-order valence-electron chi connectivity index (χ1n) is 13.4. The Bertz CT molecular complexity index is 1740. The lowest BCUT2D eigenvalue weighted by Gasteiger charge is -2.29. The Morgan fingerprint density at radius 3 is 2.59 bits per heavy atom. The maximum Gasteiger partial charge on any atom is 0.333 e. The molecule has 1 amide bonds. The molecule has 200 valence electrons. The van der Waals surface area contributed by atoms with Gasteiger partial charge in [0.15, 0.2) is 0 Å². The van der Waals surface area contributed by atoms with Crippen LogP contribution in [0.15, 0.2) is 59.5 Å². The second-order valence-electron chi connectivity index (χ2n) is 10.3. The van der Waals surface area contributed by atoms with Crippen molar-refractivity contribution in [3.05, 3.63) is 81.5 Å².